The number of nitrogens with one attached hydrogen (secondary N) is 1. The summed E-state index contributed by atoms with van der Waals surface area (Å²) in [6.45, 7) is 1.38. The van der Waals surface area contributed by atoms with E-state index in [1.54, 1.807) is 7.05 Å². The van der Waals surface area contributed by atoms with Gasteiger partial charge in [0.25, 0.3) is 0 Å². The minimum absolute atomic E-state index is 0.0624. The van der Waals surface area contributed by atoms with Gasteiger partial charge in [-0.05, 0) is 31.2 Å². The first-order chi connectivity index (χ1) is 8.29. The van der Waals surface area contributed by atoms with E-state index < -0.39 is 23.9 Å². The molecule has 102 valence electrons. The molecule has 0 saturated carbocycles. The first-order valence-corrected chi connectivity index (χ1v) is 5.46. The highest BCUT2D eigenvalue weighted by Crippen LogP contribution is 2.34. The summed E-state index contributed by atoms with van der Waals surface area (Å²) in [7, 11) is 1.58. The molecule has 1 aromatic rings. The summed E-state index contributed by atoms with van der Waals surface area (Å²) in [6, 6.07) is 3.56. The van der Waals surface area contributed by atoms with E-state index in [1.807, 2.05) is 0 Å². The van der Waals surface area contributed by atoms with Crippen LogP contribution in [0.3, 0.4) is 0 Å². The fraction of sp³-hybridized carbons (Fsp3) is 0.500. The molecule has 2 unspecified atom stereocenters. The summed E-state index contributed by atoms with van der Waals surface area (Å²) in [5, 5.41) is 22.1. The maximum atomic E-state index is 12.7. The normalized spacial score (nSPS) is 15.5. The van der Waals surface area contributed by atoms with Gasteiger partial charge in [-0.1, -0.05) is 12.1 Å². The number of aliphatic hydroxyl groups is 2. The molecule has 0 aliphatic carbocycles. The molecule has 0 amide bonds. The number of hydrogen-bond donors (Lipinski definition) is 3. The van der Waals surface area contributed by atoms with Gasteiger partial charge >= 0.3 is 6.18 Å². The molecule has 0 aromatic heterocycles. The lowest BCUT2D eigenvalue weighted by molar-refractivity contribution is -0.138. The monoisotopic (exact) mass is 263 g/mol. The highest BCUT2D eigenvalue weighted by molar-refractivity contribution is 5.37. The van der Waals surface area contributed by atoms with E-state index in [0.29, 0.717) is 0 Å². The lowest BCUT2D eigenvalue weighted by Gasteiger charge is -2.21. The van der Waals surface area contributed by atoms with Gasteiger partial charge in [-0.25, -0.2) is 0 Å². The Bertz CT molecular complexity index is 407. The standard InChI is InChI=1S/C12H16F3NO2/c1-7-8(11(18)10(17)6-16-2)4-3-5-9(7)12(13,14)15/h3-5,10-11,16-18H,6H2,1-2H3. The molecule has 18 heavy (non-hydrogen) atoms. The summed E-state index contributed by atoms with van der Waals surface area (Å²) >= 11 is 0. The van der Waals surface area contributed by atoms with Gasteiger partial charge in [-0.15, -0.1) is 0 Å². The molecule has 3 N–H and O–H groups in total. The molecule has 0 radical (unpaired) electrons. The molecule has 0 spiro atoms. The highest BCUT2D eigenvalue weighted by Gasteiger charge is 2.34. The van der Waals surface area contributed by atoms with Crippen LogP contribution in [0, 0.1) is 6.92 Å². The van der Waals surface area contributed by atoms with Gasteiger partial charge in [0, 0.05) is 6.54 Å². The number of hydrogen-bond acceptors (Lipinski definition) is 3. The topological polar surface area (TPSA) is 52.5 Å². The van der Waals surface area contributed by atoms with Gasteiger partial charge < -0.3 is 15.5 Å². The van der Waals surface area contributed by atoms with E-state index in [1.165, 1.54) is 19.1 Å². The lowest BCUT2D eigenvalue weighted by atomic mass is 9.95. The van der Waals surface area contributed by atoms with Crippen LogP contribution in [0.25, 0.3) is 0 Å². The minimum Gasteiger partial charge on any atom is -0.389 e. The quantitative estimate of drug-likeness (QED) is 0.774. The van der Waals surface area contributed by atoms with Crippen molar-refractivity contribution in [2.75, 3.05) is 13.6 Å². The van der Waals surface area contributed by atoms with E-state index in [4.69, 9.17) is 0 Å². The van der Waals surface area contributed by atoms with Crippen molar-refractivity contribution in [3.8, 4) is 0 Å². The number of alkyl halides is 3. The molecule has 1 aromatic carbocycles. The Morgan fingerprint density at radius 2 is 1.89 bits per heavy atom. The van der Waals surface area contributed by atoms with Crippen molar-refractivity contribution in [1.82, 2.24) is 5.32 Å². The zero-order chi connectivity index (χ0) is 13.9. The molecule has 0 heterocycles. The first-order valence-electron chi connectivity index (χ1n) is 5.46. The Hall–Kier alpha value is -1.11. The Kier molecular flexibility index (Phi) is 4.72. The zero-order valence-electron chi connectivity index (χ0n) is 10.1. The van der Waals surface area contributed by atoms with Crippen LogP contribution in [-0.4, -0.2) is 29.9 Å². The van der Waals surface area contributed by atoms with Gasteiger partial charge in [0.1, 0.15) is 6.10 Å². The predicted octanol–water partition coefficient (Wildman–Crippen LogP) is 1.63. The molecule has 0 fully saturated rings. The third-order valence-corrected chi connectivity index (χ3v) is 2.78. The van der Waals surface area contributed by atoms with Crippen molar-refractivity contribution in [2.45, 2.75) is 25.3 Å². The number of likely N-dealkylation sites (N-methyl/N-ethyl adjacent to an activating group) is 1. The number of rotatable bonds is 4. The van der Waals surface area contributed by atoms with Gasteiger partial charge in [0.2, 0.25) is 0 Å². The smallest absolute Gasteiger partial charge is 0.389 e. The number of aliphatic hydroxyl groups excluding tert-OH is 2. The van der Waals surface area contributed by atoms with Crippen LogP contribution >= 0.6 is 0 Å². The molecule has 0 bridgehead atoms. The van der Waals surface area contributed by atoms with Crippen LogP contribution < -0.4 is 5.32 Å². The Morgan fingerprint density at radius 3 is 2.39 bits per heavy atom. The van der Waals surface area contributed by atoms with Crippen LogP contribution in [0.4, 0.5) is 13.2 Å². The van der Waals surface area contributed by atoms with Crippen LogP contribution in [-0.2, 0) is 6.18 Å². The SMILES string of the molecule is CNCC(O)C(O)c1cccc(C(F)(F)F)c1C. The largest absolute Gasteiger partial charge is 0.416 e. The van der Waals surface area contributed by atoms with Gasteiger partial charge in [-0.3, -0.25) is 0 Å². The van der Waals surface area contributed by atoms with Crippen LogP contribution in [0.1, 0.15) is 22.8 Å². The second-order valence-corrected chi connectivity index (χ2v) is 4.09. The minimum atomic E-state index is -4.46. The molecule has 1 rings (SSSR count). The summed E-state index contributed by atoms with van der Waals surface area (Å²) in [5.74, 6) is 0. The van der Waals surface area contributed by atoms with Crippen LogP contribution in [0.15, 0.2) is 18.2 Å². The highest BCUT2D eigenvalue weighted by atomic mass is 19.4. The maximum Gasteiger partial charge on any atom is 0.416 e. The molecular weight excluding hydrogens is 247 g/mol. The summed E-state index contributed by atoms with van der Waals surface area (Å²) in [4.78, 5) is 0. The van der Waals surface area contributed by atoms with E-state index in [-0.39, 0.29) is 17.7 Å². The maximum absolute atomic E-state index is 12.7. The van der Waals surface area contributed by atoms with Gasteiger partial charge in [0.15, 0.2) is 0 Å². The fourth-order valence-corrected chi connectivity index (χ4v) is 1.81. The second-order valence-electron chi connectivity index (χ2n) is 4.09. The van der Waals surface area contributed by atoms with E-state index >= 15 is 0 Å². The Morgan fingerprint density at radius 1 is 1.28 bits per heavy atom. The average Bonchev–Trinajstić information content (AvgIpc) is 2.27. The van der Waals surface area contributed by atoms with Crippen molar-refractivity contribution in [1.29, 1.82) is 0 Å². The van der Waals surface area contributed by atoms with Crippen molar-refractivity contribution in [3.05, 3.63) is 34.9 Å². The number of halogens is 3. The summed E-state index contributed by atoms with van der Waals surface area (Å²) in [6.07, 6.45) is -6.97. The van der Waals surface area contributed by atoms with Gasteiger partial charge in [-0.2, -0.15) is 13.2 Å². The second kappa shape index (κ2) is 5.69. The third-order valence-electron chi connectivity index (χ3n) is 2.78. The molecule has 2 atom stereocenters. The Balaban J connectivity index is 3.11. The predicted molar refractivity (Wildman–Crippen MR) is 61.1 cm³/mol. The van der Waals surface area contributed by atoms with Crippen molar-refractivity contribution in [3.63, 3.8) is 0 Å². The zero-order valence-corrected chi connectivity index (χ0v) is 10.1. The van der Waals surface area contributed by atoms with Gasteiger partial charge in [0.05, 0.1) is 11.7 Å². The molecule has 0 aliphatic heterocycles. The first kappa shape index (κ1) is 14.9. The summed E-state index contributed by atoms with van der Waals surface area (Å²) in [5.41, 5.74) is -0.768. The average molecular weight is 263 g/mol. The lowest BCUT2D eigenvalue weighted by Crippen LogP contribution is -2.30. The molecular formula is C12H16F3NO2. The fourth-order valence-electron chi connectivity index (χ4n) is 1.81. The molecule has 3 nitrogen and oxygen atoms in total. The van der Waals surface area contributed by atoms with Crippen molar-refractivity contribution in [2.24, 2.45) is 0 Å². The van der Waals surface area contributed by atoms with Crippen molar-refractivity contribution < 1.29 is 23.4 Å². The van der Waals surface area contributed by atoms with E-state index in [2.05, 4.69) is 5.32 Å². The van der Waals surface area contributed by atoms with Crippen LogP contribution in [0.5, 0.6) is 0 Å². The van der Waals surface area contributed by atoms with Crippen LogP contribution in [0.2, 0.25) is 0 Å². The molecule has 0 saturated heterocycles. The van der Waals surface area contributed by atoms with E-state index in [0.717, 1.165) is 6.07 Å². The number of benzene rings is 1. The third kappa shape index (κ3) is 3.22. The molecule has 0 aliphatic rings. The van der Waals surface area contributed by atoms with E-state index in [9.17, 15) is 23.4 Å². The molecule has 6 heteroatoms. The Labute approximate surface area is 103 Å². The van der Waals surface area contributed by atoms with Crippen molar-refractivity contribution >= 4 is 0 Å². The summed E-state index contributed by atoms with van der Waals surface area (Å²) < 4.78 is 38.1.